The minimum Gasteiger partial charge on any atom is -0.384 e. The van der Waals surface area contributed by atoms with Gasteiger partial charge in [-0.3, -0.25) is 44.6 Å². The van der Waals surface area contributed by atoms with Gasteiger partial charge >= 0.3 is 0 Å². The number of aliphatic imine (C=N–C) groups is 1. The molecule has 0 saturated carbocycles. The minimum atomic E-state index is -1.04. The number of unbranched alkanes of at least 4 members (excludes halogenated alkanes) is 1. The topological polar surface area (TPSA) is 190 Å². The van der Waals surface area contributed by atoms with Gasteiger partial charge in [0.05, 0.1) is 35.1 Å². The van der Waals surface area contributed by atoms with Crippen molar-refractivity contribution in [3.8, 4) is 0 Å². The van der Waals surface area contributed by atoms with Crippen LogP contribution < -0.4 is 26.6 Å². The predicted octanol–water partition coefficient (Wildman–Crippen LogP) is 4.13. The SMILES string of the molecule is CC(=N)N1c2sc(C)c(C)c2C(c2ccc(Cl)cc2)=N[C@@H](CC(=O)NCCCCNc2cccc3c2C(=O)N(C2CCC(=O)NC2=O)C3=O)C1N. The lowest BCUT2D eigenvalue weighted by atomic mass is 9.99. The first-order valence-corrected chi connectivity index (χ1v) is 18.0. The van der Waals surface area contributed by atoms with E-state index >= 15 is 0 Å². The second kappa shape index (κ2) is 14.7. The number of carbonyl (C=O) groups is 5. The minimum absolute atomic E-state index is 0.0171. The monoisotopic (exact) mass is 730 g/mol. The maximum Gasteiger partial charge on any atom is 0.264 e. The quantitative estimate of drug-likeness (QED) is 0.0891. The molecule has 3 aliphatic heterocycles. The van der Waals surface area contributed by atoms with E-state index in [0.29, 0.717) is 42.4 Å². The van der Waals surface area contributed by atoms with Crippen LogP contribution in [0.25, 0.3) is 0 Å². The summed E-state index contributed by atoms with van der Waals surface area (Å²) in [6.45, 7) is 6.59. The standard InChI is InChI=1S/C36H39ClN8O5S/c1-18-19(2)51-36-29(18)31(21-9-11-22(37)12-10-21)42-25(32(39)44(36)20(3)38)17-28(47)41-16-5-4-15-40-24-8-6-7-23-30(24)35(50)45(34(23)49)26-13-14-27(46)43-33(26)48/h6-12,25-26,32,38,40H,4-5,13-17,39H2,1-3H3,(H,41,47)(H,43,46,48)/t25-,26?,32?/m0/s1. The Morgan fingerprint density at radius 2 is 1.78 bits per heavy atom. The number of thiophene rings is 1. The molecule has 266 valence electrons. The van der Waals surface area contributed by atoms with Crippen LogP contribution in [0.15, 0.2) is 47.5 Å². The van der Waals surface area contributed by atoms with E-state index in [4.69, 9.17) is 27.7 Å². The third-order valence-corrected chi connectivity index (χ3v) is 10.9. The number of rotatable bonds is 10. The zero-order chi connectivity index (χ0) is 36.6. The molecule has 0 bridgehead atoms. The molecule has 1 fully saturated rings. The van der Waals surface area contributed by atoms with Gasteiger partial charge in [0.2, 0.25) is 17.7 Å². The third kappa shape index (κ3) is 7.03. The summed E-state index contributed by atoms with van der Waals surface area (Å²) in [5.74, 6) is -2.18. The number of hydrogen-bond donors (Lipinski definition) is 5. The molecule has 5 amide bonds. The van der Waals surface area contributed by atoms with Crippen LogP contribution in [0, 0.1) is 19.3 Å². The number of amidine groups is 1. The fraction of sp³-hybridized carbons (Fsp3) is 0.361. The Morgan fingerprint density at radius 1 is 1.06 bits per heavy atom. The van der Waals surface area contributed by atoms with Gasteiger partial charge in [-0.2, -0.15) is 0 Å². The van der Waals surface area contributed by atoms with Crippen molar-refractivity contribution in [1.29, 1.82) is 5.41 Å². The number of nitrogens with zero attached hydrogens (tertiary/aromatic N) is 3. The maximum atomic E-state index is 13.3. The Hall–Kier alpha value is -4.92. The highest BCUT2D eigenvalue weighted by molar-refractivity contribution is 7.17. The molecule has 1 saturated heterocycles. The molecule has 1 aromatic heterocycles. The molecule has 2 unspecified atom stereocenters. The van der Waals surface area contributed by atoms with Crippen molar-refractivity contribution in [2.75, 3.05) is 23.3 Å². The Morgan fingerprint density at radius 3 is 2.49 bits per heavy atom. The van der Waals surface area contributed by atoms with Crippen molar-refractivity contribution < 1.29 is 24.0 Å². The molecule has 2 aromatic carbocycles. The summed E-state index contributed by atoms with van der Waals surface area (Å²) in [5.41, 5.74) is 11.2. The van der Waals surface area contributed by atoms with E-state index in [1.54, 1.807) is 53.5 Å². The van der Waals surface area contributed by atoms with E-state index in [0.717, 1.165) is 31.5 Å². The van der Waals surface area contributed by atoms with Crippen molar-refractivity contribution in [2.24, 2.45) is 10.7 Å². The van der Waals surface area contributed by atoms with Gasteiger partial charge in [-0.05, 0) is 69.9 Å². The second-order valence-electron chi connectivity index (χ2n) is 12.8. The van der Waals surface area contributed by atoms with Crippen molar-refractivity contribution in [1.82, 2.24) is 15.5 Å². The number of amides is 5. The molecule has 0 spiro atoms. The van der Waals surface area contributed by atoms with E-state index in [1.165, 1.54) is 0 Å². The van der Waals surface area contributed by atoms with Gasteiger partial charge in [0, 0.05) is 46.2 Å². The van der Waals surface area contributed by atoms with Crippen LogP contribution >= 0.6 is 22.9 Å². The Kier molecular flexibility index (Phi) is 10.4. The van der Waals surface area contributed by atoms with Gasteiger partial charge in [0.15, 0.2) is 0 Å². The Balaban J connectivity index is 1.07. The molecule has 15 heteroatoms. The van der Waals surface area contributed by atoms with Crippen LogP contribution in [0.5, 0.6) is 0 Å². The van der Waals surface area contributed by atoms with Crippen LogP contribution in [0.2, 0.25) is 5.02 Å². The average molecular weight is 731 g/mol. The smallest absolute Gasteiger partial charge is 0.264 e. The Bertz CT molecular complexity index is 1980. The fourth-order valence-electron chi connectivity index (χ4n) is 6.67. The van der Waals surface area contributed by atoms with Crippen LogP contribution in [-0.4, -0.2) is 77.3 Å². The maximum absolute atomic E-state index is 13.3. The van der Waals surface area contributed by atoms with Gasteiger partial charge in [-0.1, -0.05) is 29.8 Å². The van der Waals surface area contributed by atoms with Gasteiger partial charge in [0.25, 0.3) is 11.8 Å². The number of fused-ring (bicyclic) bond motifs is 2. The van der Waals surface area contributed by atoms with E-state index < -0.39 is 41.9 Å². The highest BCUT2D eigenvalue weighted by atomic mass is 35.5. The number of anilines is 2. The van der Waals surface area contributed by atoms with E-state index in [-0.39, 0.29) is 42.1 Å². The highest BCUT2D eigenvalue weighted by Gasteiger charge is 2.45. The normalized spacial score (nSPS) is 20.0. The van der Waals surface area contributed by atoms with Crippen molar-refractivity contribution in [3.05, 3.63) is 80.2 Å². The number of imide groups is 2. The van der Waals surface area contributed by atoms with Gasteiger partial charge in [-0.15, -0.1) is 11.3 Å². The van der Waals surface area contributed by atoms with Crippen LogP contribution in [0.4, 0.5) is 10.7 Å². The lowest BCUT2D eigenvalue weighted by molar-refractivity contribution is -0.136. The summed E-state index contributed by atoms with van der Waals surface area (Å²) in [5, 5.41) is 18.4. The molecule has 6 rings (SSSR count). The van der Waals surface area contributed by atoms with E-state index in [1.807, 2.05) is 26.0 Å². The van der Waals surface area contributed by atoms with Crippen LogP contribution in [0.1, 0.15) is 81.3 Å². The molecule has 3 aliphatic rings. The molecule has 51 heavy (non-hydrogen) atoms. The molecule has 3 atom stereocenters. The van der Waals surface area contributed by atoms with Crippen molar-refractivity contribution >= 4 is 74.7 Å². The number of hydrogen-bond acceptors (Lipinski definition) is 10. The number of carbonyl (C=O) groups excluding carboxylic acids is 5. The molecule has 4 heterocycles. The molecular formula is C36H39ClN8O5S. The summed E-state index contributed by atoms with van der Waals surface area (Å²) < 4.78 is 0. The molecule has 13 nitrogen and oxygen atoms in total. The van der Waals surface area contributed by atoms with Crippen LogP contribution in [-0.2, 0) is 14.4 Å². The van der Waals surface area contributed by atoms with Crippen molar-refractivity contribution in [3.63, 3.8) is 0 Å². The van der Waals surface area contributed by atoms with Gasteiger partial charge in [0.1, 0.15) is 17.2 Å². The lowest BCUT2D eigenvalue weighted by Crippen LogP contribution is -2.54. The molecule has 3 aromatic rings. The number of benzene rings is 2. The summed E-state index contributed by atoms with van der Waals surface area (Å²) >= 11 is 7.74. The summed E-state index contributed by atoms with van der Waals surface area (Å²) in [6, 6.07) is 10.6. The van der Waals surface area contributed by atoms with Crippen molar-refractivity contribution in [2.45, 2.75) is 71.1 Å². The third-order valence-electron chi connectivity index (χ3n) is 9.39. The molecule has 6 N–H and O–H groups in total. The predicted molar refractivity (Wildman–Crippen MR) is 197 cm³/mol. The van der Waals surface area contributed by atoms with E-state index in [2.05, 4.69) is 16.0 Å². The molecule has 0 aliphatic carbocycles. The molecular weight excluding hydrogens is 692 g/mol. The first-order valence-electron chi connectivity index (χ1n) is 16.8. The Labute approximate surface area is 304 Å². The summed E-state index contributed by atoms with van der Waals surface area (Å²) in [6.07, 6.45) is 0.677. The first kappa shape index (κ1) is 35.9. The average Bonchev–Trinajstić information content (AvgIpc) is 3.47. The summed E-state index contributed by atoms with van der Waals surface area (Å²) in [7, 11) is 0. The second-order valence-corrected chi connectivity index (χ2v) is 14.5. The van der Waals surface area contributed by atoms with Gasteiger partial charge < -0.3 is 21.3 Å². The van der Waals surface area contributed by atoms with E-state index in [9.17, 15) is 24.0 Å². The number of halogens is 1. The van der Waals surface area contributed by atoms with Crippen LogP contribution in [0.3, 0.4) is 0 Å². The highest BCUT2D eigenvalue weighted by Crippen LogP contribution is 2.41. The largest absolute Gasteiger partial charge is 0.384 e. The zero-order valence-corrected chi connectivity index (χ0v) is 30.0. The summed E-state index contributed by atoms with van der Waals surface area (Å²) in [4.78, 5) is 72.6. The number of nitrogens with one attached hydrogen (secondary N) is 4. The number of piperidine rings is 1. The lowest BCUT2D eigenvalue weighted by Gasteiger charge is -2.31. The van der Waals surface area contributed by atoms with Gasteiger partial charge in [-0.25, -0.2) is 0 Å². The number of nitrogens with two attached hydrogens (primary N) is 1. The molecule has 0 radical (unpaired) electrons. The number of aryl methyl sites for hydroxylation is 1. The zero-order valence-electron chi connectivity index (χ0n) is 28.5. The fourth-order valence-corrected chi connectivity index (χ4v) is 8.05. The first-order chi connectivity index (χ1) is 24.4.